The standard InChI is InChI=1S/C20H22N4O2/c21-12-14-1-6-17-18(20(25)23-19(17)11-14)13-22-15-2-4-16(5-3-15)24-7-9-26-10-8-24/h1-6,11,13,23,25H,7-10,12,21H2. The molecule has 6 nitrogen and oxygen atoms in total. The van der Waals surface area contributed by atoms with Crippen molar-refractivity contribution in [2.24, 2.45) is 10.7 Å². The van der Waals surface area contributed by atoms with Gasteiger partial charge in [-0.15, -0.1) is 0 Å². The topological polar surface area (TPSA) is 86.9 Å². The molecule has 3 aromatic rings. The number of morpholine rings is 1. The van der Waals surface area contributed by atoms with E-state index in [4.69, 9.17) is 10.5 Å². The number of aromatic hydroxyl groups is 1. The van der Waals surface area contributed by atoms with Crippen LogP contribution in [-0.2, 0) is 11.3 Å². The van der Waals surface area contributed by atoms with E-state index in [-0.39, 0.29) is 5.88 Å². The first-order valence-electron chi connectivity index (χ1n) is 8.75. The van der Waals surface area contributed by atoms with Crippen molar-refractivity contribution in [3.8, 4) is 5.88 Å². The summed E-state index contributed by atoms with van der Waals surface area (Å²) in [6.45, 7) is 3.83. The lowest BCUT2D eigenvalue weighted by Gasteiger charge is -2.28. The molecule has 26 heavy (non-hydrogen) atoms. The number of nitrogens with two attached hydrogens (primary N) is 1. The first kappa shape index (κ1) is 16.6. The van der Waals surface area contributed by atoms with Gasteiger partial charge in [0.05, 0.1) is 24.5 Å². The first-order chi connectivity index (χ1) is 12.7. The third kappa shape index (κ3) is 3.29. The number of anilines is 1. The lowest BCUT2D eigenvalue weighted by molar-refractivity contribution is 0.122. The van der Waals surface area contributed by atoms with E-state index in [9.17, 15) is 5.11 Å². The summed E-state index contributed by atoms with van der Waals surface area (Å²) in [5, 5.41) is 11.1. The number of H-pyrrole nitrogens is 1. The van der Waals surface area contributed by atoms with Crippen LogP contribution in [-0.4, -0.2) is 42.6 Å². The molecule has 0 saturated carbocycles. The molecule has 4 N–H and O–H groups in total. The number of aromatic nitrogens is 1. The summed E-state index contributed by atoms with van der Waals surface area (Å²) in [4.78, 5) is 9.80. The van der Waals surface area contributed by atoms with E-state index in [0.29, 0.717) is 12.1 Å². The largest absolute Gasteiger partial charge is 0.494 e. The average molecular weight is 350 g/mol. The highest BCUT2D eigenvalue weighted by atomic mass is 16.5. The maximum atomic E-state index is 10.2. The minimum Gasteiger partial charge on any atom is -0.494 e. The van der Waals surface area contributed by atoms with E-state index in [1.54, 1.807) is 6.21 Å². The quantitative estimate of drug-likeness (QED) is 0.632. The summed E-state index contributed by atoms with van der Waals surface area (Å²) in [5.74, 6) is 0.114. The van der Waals surface area contributed by atoms with E-state index < -0.39 is 0 Å². The molecule has 1 saturated heterocycles. The minimum atomic E-state index is 0.114. The Labute approximate surface area is 151 Å². The molecule has 0 bridgehead atoms. The molecule has 134 valence electrons. The summed E-state index contributed by atoms with van der Waals surface area (Å²) >= 11 is 0. The molecule has 6 heteroatoms. The number of ether oxygens (including phenoxy) is 1. The second-order valence-electron chi connectivity index (χ2n) is 6.35. The van der Waals surface area contributed by atoms with Crippen molar-refractivity contribution in [1.82, 2.24) is 4.98 Å². The van der Waals surface area contributed by atoms with Crippen molar-refractivity contribution in [3.63, 3.8) is 0 Å². The predicted octanol–water partition coefficient (Wildman–Crippen LogP) is 2.92. The Morgan fingerprint density at radius 2 is 1.92 bits per heavy atom. The Bertz CT molecular complexity index is 925. The fourth-order valence-corrected chi connectivity index (χ4v) is 3.22. The summed E-state index contributed by atoms with van der Waals surface area (Å²) in [6, 6.07) is 14.0. The highest BCUT2D eigenvalue weighted by Gasteiger charge is 2.11. The molecule has 0 unspecified atom stereocenters. The molecule has 1 aromatic heterocycles. The smallest absolute Gasteiger partial charge is 0.198 e. The maximum Gasteiger partial charge on any atom is 0.198 e. The minimum absolute atomic E-state index is 0.114. The molecule has 0 atom stereocenters. The van der Waals surface area contributed by atoms with Gasteiger partial charge >= 0.3 is 0 Å². The van der Waals surface area contributed by atoms with Gasteiger partial charge in [0.2, 0.25) is 0 Å². The molecule has 1 fully saturated rings. The van der Waals surface area contributed by atoms with Gasteiger partial charge in [0.25, 0.3) is 0 Å². The van der Waals surface area contributed by atoms with Gasteiger partial charge in [0.15, 0.2) is 5.88 Å². The van der Waals surface area contributed by atoms with Crippen molar-refractivity contribution < 1.29 is 9.84 Å². The molecule has 2 heterocycles. The Morgan fingerprint density at radius 3 is 2.65 bits per heavy atom. The van der Waals surface area contributed by atoms with Gasteiger partial charge in [-0.3, -0.25) is 4.99 Å². The van der Waals surface area contributed by atoms with Gasteiger partial charge in [-0.2, -0.15) is 0 Å². The Morgan fingerprint density at radius 1 is 1.15 bits per heavy atom. The zero-order valence-electron chi connectivity index (χ0n) is 14.5. The van der Waals surface area contributed by atoms with Gasteiger partial charge < -0.3 is 25.5 Å². The number of aliphatic imine (C=N–C) groups is 1. The second kappa shape index (κ2) is 7.19. The number of fused-ring (bicyclic) bond motifs is 1. The number of hydrogen-bond acceptors (Lipinski definition) is 5. The van der Waals surface area contributed by atoms with Gasteiger partial charge in [-0.05, 0) is 35.9 Å². The number of aromatic amines is 1. The molecule has 1 aliphatic heterocycles. The van der Waals surface area contributed by atoms with Crippen LogP contribution in [0.2, 0.25) is 0 Å². The normalized spacial score (nSPS) is 15.2. The fraction of sp³-hybridized carbons (Fsp3) is 0.250. The maximum absolute atomic E-state index is 10.2. The third-order valence-electron chi connectivity index (χ3n) is 4.69. The molecule has 0 radical (unpaired) electrons. The van der Waals surface area contributed by atoms with E-state index in [0.717, 1.165) is 48.5 Å². The Kier molecular flexibility index (Phi) is 4.60. The van der Waals surface area contributed by atoms with Crippen LogP contribution in [0.15, 0.2) is 47.5 Å². The van der Waals surface area contributed by atoms with Crippen molar-refractivity contribution in [2.45, 2.75) is 6.54 Å². The van der Waals surface area contributed by atoms with E-state index >= 15 is 0 Å². The van der Waals surface area contributed by atoms with Crippen LogP contribution in [0, 0.1) is 0 Å². The van der Waals surface area contributed by atoms with Crippen LogP contribution in [0.1, 0.15) is 11.1 Å². The molecular weight excluding hydrogens is 328 g/mol. The van der Waals surface area contributed by atoms with Crippen LogP contribution in [0.25, 0.3) is 10.9 Å². The molecule has 1 aliphatic rings. The molecular formula is C20H22N4O2. The van der Waals surface area contributed by atoms with Crippen molar-refractivity contribution >= 4 is 28.5 Å². The number of hydrogen-bond donors (Lipinski definition) is 3. The Hall–Kier alpha value is -2.83. The van der Waals surface area contributed by atoms with Gasteiger partial charge in [0.1, 0.15) is 0 Å². The summed E-state index contributed by atoms with van der Waals surface area (Å²) in [7, 11) is 0. The average Bonchev–Trinajstić information content (AvgIpc) is 3.01. The lowest BCUT2D eigenvalue weighted by Crippen LogP contribution is -2.36. The van der Waals surface area contributed by atoms with Crippen LogP contribution in [0.3, 0.4) is 0 Å². The molecule has 0 amide bonds. The van der Waals surface area contributed by atoms with Crippen molar-refractivity contribution in [1.29, 1.82) is 0 Å². The molecule has 4 rings (SSSR count). The summed E-state index contributed by atoms with van der Waals surface area (Å²) in [5.41, 5.74) is 10.2. The number of nitrogens with zero attached hydrogens (tertiary/aromatic N) is 2. The van der Waals surface area contributed by atoms with E-state index in [1.807, 2.05) is 30.3 Å². The van der Waals surface area contributed by atoms with Crippen LogP contribution in [0.4, 0.5) is 11.4 Å². The number of nitrogens with one attached hydrogen (secondary N) is 1. The van der Waals surface area contributed by atoms with Gasteiger partial charge in [-0.1, -0.05) is 12.1 Å². The first-order valence-corrected chi connectivity index (χ1v) is 8.75. The molecule has 0 aliphatic carbocycles. The predicted molar refractivity (Wildman–Crippen MR) is 105 cm³/mol. The van der Waals surface area contributed by atoms with Gasteiger partial charge in [0, 0.05) is 42.4 Å². The zero-order valence-corrected chi connectivity index (χ0v) is 14.5. The van der Waals surface area contributed by atoms with Gasteiger partial charge in [-0.25, -0.2) is 0 Å². The van der Waals surface area contributed by atoms with Crippen molar-refractivity contribution in [3.05, 3.63) is 53.6 Å². The zero-order chi connectivity index (χ0) is 17.9. The van der Waals surface area contributed by atoms with Crippen LogP contribution < -0.4 is 10.6 Å². The van der Waals surface area contributed by atoms with E-state index in [1.165, 1.54) is 5.69 Å². The van der Waals surface area contributed by atoms with Crippen LogP contribution >= 0.6 is 0 Å². The van der Waals surface area contributed by atoms with Crippen molar-refractivity contribution in [2.75, 3.05) is 31.2 Å². The second-order valence-corrected chi connectivity index (χ2v) is 6.35. The molecule has 0 spiro atoms. The Balaban J connectivity index is 1.56. The van der Waals surface area contributed by atoms with E-state index in [2.05, 4.69) is 27.0 Å². The number of benzene rings is 2. The third-order valence-corrected chi connectivity index (χ3v) is 4.69. The number of rotatable bonds is 4. The monoisotopic (exact) mass is 350 g/mol. The van der Waals surface area contributed by atoms with Crippen LogP contribution in [0.5, 0.6) is 5.88 Å². The highest BCUT2D eigenvalue weighted by Crippen LogP contribution is 2.27. The lowest BCUT2D eigenvalue weighted by atomic mass is 10.1. The highest BCUT2D eigenvalue weighted by molar-refractivity contribution is 6.02. The fourth-order valence-electron chi connectivity index (χ4n) is 3.22. The summed E-state index contributed by atoms with van der Waals surface area (Å²) in [6.07, 6.45) is 1.69. The summed E-state index contributed by atoms with van der Waals surface area (Å²) < 4.78 is 5.39. The SMILES string of the molecule is NCc1ccc2c(C=Nc3ccc(N4CCOCC4)cc3)c(O)[nH]c2c1. The molecule has 2 aromatic carbocycles.